The van der Waals surface area contributed by atoms with E-state index in [1.807, 2.05) is 6.92 Å². The van der Waals surface area contributed by atoms with Gasteiger partial charge < -0.3 is 10.4 Å². The Hall–Kier alpha value is -2.96. The van der Waals surface area contributed by atoms with Crippen LogP contribution in [0.3, 0.4) is 0 Å². The smallest absolute Gasteiger partial charge is 0.282 e. The van der Waals surface area contributed by atoms with Gasteiger partial charge in [0, 0.05) is 11.8 Å². The number of benzene rings is 1. The second-order valence-electron chi connectivity index (χ2n) is 4.50. The van der Waals surface area contributed by atoms with E-state index in [0.717, 1.165) is 23.9 Å². The molecule has 0 spiro atoms. The first kappa shape index (κ1) is 14.4. The van der Waals surface area contributed by atoms with Crippen LogP contribution in [0.1, 0.15) is 21.7 Å². The van der Waals surface area contributed by atoms with E-state index in [1.165, 1.54) is 0 Å². The molecule has 1 aromatic carbocycles. The van der Waals surface area contributed by atoms with Crippen LogP contribution in [0.2, 0.25) is 0 Å². The standard InChI is InChI=1S/C14H13N3O4/c1-8-3-5-12(9(2)15-8)16-14(19)11-7-10(18)4-6-13(11)17(20)21/h3-7,18H,1-2H3,(H,16,19). The van der Waals surface area contributed by atoms with Gasteiger partial charge in [0.1, 0.15) is 11.3 Å². The van der Waals surface area contributed by atoms with Crippen LogP contribution in [0.4, 0.5) is 11.4 Å². The van der Waals surface area contributed by atoms with Gasteiger partial charge in [0.05, 0.1) is 16.3 Å². The number of aryl methyl sites for hydroxylation is 2. The van der Waals surface area contributed by atoms with Gasteiger partial charge in [-0.1, -0.05) is 0 Å². The molecule has 0 saturated heterocycles. The number of hydrogen-bond acceptors (Lipinski definition) is 5. The quantitative estimate of drug-likeness (QED) is 0.666. The summed E-state index contributed by atoms with van der Waals surface area (Å²) in [5, 5.41) is 22.9. The number of phenolic OH excluding ortho intramolecular Hbond substituents is 1. The van der Waals surface area contributed by atoms with Gasteiger partial charge in [0.25, 0.3) is 11.6 Å². The number of carbonyl (C=O) groups is 1. The Balaban J connectivity index is 2.36. The largest absolute Gasteiger partial charge is 0.508 e. The highest BCUT2D eigenvalue weighted by Crippen LogP contribution is 2.24. The number of nitrogens with zero attached hydrogens (tertiary/aromatic N) is 2. The van der Waals surface area contributed by atoms with Gasteiger partial charge in [0.15, 0.2) is 0 Å². The van der Waals surface area contributed by atoms with Crippen LogP contribution in [0.5, 0.6) is 5.75 Å². The molecule has 0 atom stereocenters. The van der Waals surface area contributed by atoms with Gasteiger partial charge in [-0.15, -0.1) is 0 Å². The molecule has 2 N–H and O–H groups in total. The Labute approximate surface area is 120 Å². The summed E-state index contributed by atoms with van der Waals surface area (Å²) in [4.78, 5) is 26.6. The van der Waals surface area contributed by atoms with Crippen molar-refractivity contribution in [3.63, 3.8) is 0 Å². The van der Waals surface area contributed by atoms with Crippen molar-refractivity contribution in [1.82, 2.24) is 4.98 Å². The fraction of sp³-hybridized carbons (Fsp3) is 0.143. The molecule has 1 amide bonds. The lowest BCUT2D eigenvalue weighted by Gasteiger charge is -2.09. The average molecular weight is 287 g/mol. The van der Waals surface area contributed by atoms with Crippen LogP contribution in [-0.2, 0) is 0 Å². The third kappa shape index (κ3) is 3.14. The number of nitro groups is 1. The number of phenols is 1. The monoisotopic (exact) mass is 287 g/mol. The van der Waals surface area contributed by atoms with Crippen molar-refractivity contribution < 1.29 is 14.8 Å². The number of aromatic nitrogens is 1. The zero-order valence-electron chi connectivity index (χ0n) is 11.5. The second-order valence-corrected chi connectivity index (χ2v) is 4.50. The Bertz CT molecular complexity index is 728. The highest BCUT2D eigenvalue weighted by Gasteiger charge is 2.21. The molecule has 0 aliphatic heterocycles. The van der Waals surface area contributed by atoms with Crippen molar-refractivity contribution >= 4 is 17.3 Å². The molecule has 7 nitrogen and oxygen atoms in total. The van der Waals surface area contributed by atoms with Gasteiger partial charge in [-0.2, -0.15) is 0 Å². The molecule has 2 rings (SSSR count). The SMILES string of the molecule is Cc1ccc(NC(=O)c2cc(O)ccc2[N+](=O)[O-])c(C)n1. The van der Waals surface area contributed by atoms with E-state index >= 15 is 0 Å². The van der Waals surface area contributed by atoms with Gasteiger partial charge in [0.2, 0.25) is 0 Å². The van der Waals surface area contributed by atoms with Gasteiger partial charge >= 0.3 is 0 Å². The maximum Gasteiger partial charge on any atom is 0.282 e. The third-order valence-electron chi connectivity index (χ3n) is 2.89. The molecule has 0 bridgehead atoms. The van der Waals surface area contributed by atoms with Crippen LogP contribution in [0, 0.1) is 24.0 Å². The van der Waals surface area contributed by atoms with E-state index in [1.54, 1.807) is 19.1 Å². The number of nitrogens with one attached hydrogen (secondary N) is 1. The predicted molar refractivity (Wildman–Crippen MR) is 76.4 cm³/mol. The molecule has 1 aromatic heterocycles. The first-order valence-electron chi connectivity index (χ1n) is 6.11. The predicted octanol–water partition coefficient (Wildman–Crippen LogP) is 2.56. The van der Waals surface area contributed by atoms with Crippen molar-refractivity contribution in [3.05, 3.63) is 57.4 Å². The summed E-state index contributed by atoms with van der Waals surface area (Å²) < 4.78 is 0. The molecule has 21 heavy (non-hydrogen) atoms. The summed E-state index contributed by atoms with van der Waals surface area (Å²) >= 11 is 0. The zero-order valence-corrected chi connectivity index (χ0v) is 11.5. The normalized spacial score (nSPS) is 10.2. The van der Waals surface area contributed by atoms with Gasteiger partial charge in [-0.05, 0) is 38.1 Å². The van der Waals surface area contributed by atoms with Crippen molar-refractivity contribution in [2.45, 2.75) is 13.8 Å². The average Bonchev–Trinajstić information content (AvgIpc) is 2.41. The van der Waals surface area contributed by atoms with Crippen molar-refractivity contribution in [1.29, 1.82) is 0 Å². The molecule has 0 radical (unpaired) electrons. The highest BCUT2D eigenvalue weighted by molar-refractivity contribution is 6.07. The molecular formula is C14H13N3O4. The van der Waals surface area contributed by atoms with Crippen LogP contribution < -0.4 is 5.32 Å². The minimum absolute atomic E-state index is 0.208. The minimum atomic E-state index is -0.675. The number of anilines is 1. The molecule has 0 aliphatic carbocycles. The van der Waals surface area contributed by atoms with Crippen molar-refractivity contribution in [3.8, 4) is 5.75 Å². The van der Waals surface area contributed by atoms with E-state index in [-0.39, 0.29) is 17.0 Å². The lowest BCUT2D eigenvalue weighted by molar-refractivity contribution is -0.385. The molecule has 0 unspecified atom stereocenters. The van der Waals surface area contributed by atoms with Gasteiger partial charge in [-0.3, -0.25) is 19.9 Å². The first-order valence-corrected chi connectivity index (χ1v) is 6.11. The molecule has 1 heterocycles. The fourth-order valence-electron chi connectivity index (χ4n) is 1.87. The number of pyridine rings is 1. The fourth-order valence-corrected chi connectivity index (χ4v) is 1.87. The van der Waals surface area contributed by atoms with Crippen LogP contribution in [-0.4, -0.2) is 20.9 Å². The Kier molecular flexibility index (Phi) is 3.84. The highest BCUT2D eigenvalue weighted by atomic mass is 16.6. The zero-order chi connectivity index (χ0) is 15.6. The molecule has 7 heteroatoms. The van der Waals surface area contributed by atoms with E-state index < -0.39 is 10.8 Å². The molecular weight excluding hydrogens is 274 g/mol. The second kappa shape index (κ2) is 5.58. The lowest BCUT2D eigenvalue weighted by Crippen LogP contribution is -2.15. The number of nitro benzene ring substituents is 1. The minimum Gasteiger partial charge on any atom is -0.508 e. The summed E-state index contributed by atoms with van der Waals surface area (Å²) in [6.45, 7) is 3.54. The first-order chi connectivity index (χ1) is 9.88. The van der Waals surface area contributed by atoms with Crippen LogP contribution >= 0.6 is 0 Å². The molecule has 0 fully saturated rings. The van der Waals surface area contributed by atoms with E-state index in [0.29, 0.717) is 11.4 Å². The van der Waals surface area contributed by atoms with E-state index in [2.05, 4.69) is 10.3 Å². The van der Waals surface area contributed by atoms with Crippen LogP contribution in [0.25, 0.3) is 0 Å². The summed E-state index contributed by atoms with van der Waals surface area (Å²) in [6.07, 6.45) is 0. The topological polar surface area (TPSA) is 105 Å². The summed E-state index contributed by atoms with van der Waals surface area (Å²) in [5.74, 6) is -0.893. The van der Waals surface area contributed by atoms with E-state index in [4.69, 9.17) is 0 Å². The number of aromatic hydroxyl groups is 1. The molecule has 2 aromatic rings. The maximum absolute atomic E-state index is 12.2. The molecule has 0 saturated carbocycles. The van der Waals surface area contributed by atoms with Crippen molar-refractivity contribution in [2.75, 3.05) is 5.32 Å². The van der Waals surface area contributed by atoms with E-state index in [9.17, 15) is 20.0 Å². The van der Waals surface area contributed by atoms with Gasteiger partial charge in [-0.25, -0.2) is 0 Å². The summed E-state index contributed by atoms with van der Waals surface area (Å²) in [6, 6.07) is 6.70. The summed E-state index contributed by atoms with van der Waals surface area (Å²) in [5.41, 5.74) is 1.28. The summed E-state index contributed by atoms with van der Waals surface area (Å²) in [7, 11) is 0. The van der Waals surface area contributed by atoms with Crippen LogP contribution in [0.15, 0.2) is 30.3 Å². The Morgan fingerprint density at radius 2 is 2.00 bits per heavy atom. The Morgan fingerprint density at radius 3 is 2.62 bits per heavy atom. The number of amides is 1. The maximum atomic E-state index is 12.2. The van der Waals surface area contributed by atoms with Crippen molar-refractivity contribution in [2.24, 2.45) is 0 Å². The number of rotatable bonds is 3. The lowest BCUT2D eigenvalue weighted by atomic mass is 10.1. The molecule has 0 aliphatic rings. The Morgan fingerprint density at radius 1 is 1.29 bits per heavy atom. The third-order valence-corrected chi connectivity index (χ3v) is 2.89. The molecule has 108 valence electrons. The number of carbonyl (C=O) groups excluding carboxylic acids is 1. The number of hydrogen-bond donors (Lipinski definition) is 2.